The van der Waals surface area contributed by atoms with Crippen molar-refractivity contribution in [2.24, 2.45) is 4.99 Å². The average molecular weight is 843 g/mol. The summed E-state index contributed by atoms with van der Waals surface area (Å²) in [6.07, 6.45) is 0. The molecule has 11 rings (SSSR count). The summed E-state index contributed by atoms with van der Waals surface area (Å²) in [4.78, 5) is 8.62. The SMILES string of the molecule is C=NCc1ccc(N(c2ccc(C(C)C)cc2)c2ccc3cc4c(cc3c2)oc2cc3oc5cc6cc(N(c7ccc(C#N)cc7)c7ccc(C(C)C)cc7)ccc6cc5c3cc24)cc1. The predicted octanol–water partition coefficient (Wildman–Crippen LogP) is 17.1. The monoisotopic (exact) mass is 842 g/mol. The number of benzene rings is 9. The molecule has 0 N–H and O–H groups in total. The van der Waals surface area contributed by atoms with Crippen LogP contribution in [-0.4, -0.2) is 6.72 Å². The van der Waals surface area contributed by atoms with Gasteiger partial charge in [0.05, 0.1) is 18.2 Å². The van der Waals surface area contributed by atoms with Gasteiger partial charge >= 0.3 is 0 Å². The van der Waals surface area contributed by atoms with Crippen molar-refractivity contribution in [1.82, 2.24) is 0 Å². The van der Waals surface area contributed by atoms with Gasteiger partial charge < -0.3 is 18.6 Å². The molecule has 0 radical (unpaired) electrons. The summed E-state index contributed by atoms with van der Waals surface area (Å²) in [6.45, 7) is 13.1. The summed E-state index contributed by atoms with van der Waals surface area (Å²) in [6, 6.07) is 62.5. The predicted molar refractivity (Wildman–Crippen MR) is 272 cm³/mol. The Morgan fingerprint density at radius 1 is 0.446 bits per heavy atom. The Labute approximate surface area is 377 Å². The van der Waals surface area contributed by atoms with Crippen LogP contribution in [0.25, 0.3) is 65.4 Å². The molecule has 6 heteroatoms. The summed E-state index contributed by atoms with van der Waals surface area (Å²) in [5.41, 5.74) is 13.8. The fourth-order valence-corrected chi connectivity index (χ4v) is 9.26. The molecule has 2 heterocycles. The second-order valence-electron chi connectivity index (χ2n) is 17.7. The number of anilines is 6. The van der Waals surface area contributed by atoms with E-state index in [9.17, 15) is 5.26 Å². The lowest BCUT2D eigenvalue weighted by atomic mass is 10.0. The highest BCUT2D eigenvalue weighted by Crippen LogP contribution is 2.43. The van der Waals surface area contributed by atoms with Gasteiger partial charge in [0.15, 0.2) is 0 Å². The van der Waals surface area contributed by atoms with E-state index >= 15 is 0 Å². The Kier molecular flexibility index (Phi) is 9.70. The van der Waals surface area contributed by atoms with Crippen molar-refractivity contribution in [2.45, 2.75) is 46.1 Å². The van der Waals surface area contributed by atoms with E-state index in [1.54, 1.807) is 0 Å². The van der Waals surface area contributed by atoms with Crippen LogP contribution in [0.4, 0.5) is 34.1 Å². The molecule has 314 valence electrons. The zero-order valence-corrected chi connectivity index (χ0v) is 36.8. The molecule has 0 spiro atoms. The van der Waals surface area contributed by atoms with Crippen molar-refractivity contribution >= 4 is 106 Å². The van der Waals surface area contributed by atoms with Crippen molar-refractivity contribution < 1.29 is 8.83 Å². The smallest absolute Gasteiger partial charge is 0.139 e. The van der Waals surface area contributed by atoms with Gasteiger partial charge in [0.2, 0.25) is 0 Å². The third-order valence-corrected chi connectivity index (χ3v) is 12.8. The lowest BCUT2D eigenvalue weighted by Crippen LogP contribution is -2.10. The van der Waals surface area contributed by atoms with Gasteiger partial charge in [-0.05, 0) is 172 Å². The summed E-state index contributed by atoms with van der Waals surface area (Å²) < 4.78 is 13.3. The number of furan rings is 2. The Morgan fingerprint density at radius 2 is 0.831 bits per heavy atom. The van der Waals surface area contributed by atoms with Crippen molar-refractivity contribution in [1.29, 1.82) is 5.26 Å². The van der Waals surface area contributed by atoms with E-state index in [0.29, 0.717) is 23.9 Å². The molecular formula is C59H46N4O2. The number of hydrogen-bond acceptors (Lipinski definition) is 6. The number of aliphatic imine (C=N–C) groups is 1. The molecular weight excluding hydrogens is 797 g/mol. The van der Waals surface area contributed by atoms with Crippen LogP contribution in [0, 0.1) is 11.3 Å². The maximum Gasteiger partial charge on any atom is 0.139 e. The largest absolute Gasteiger partial charge is 0.456 e. The number of rotatable bonds is 10. The molecule has 6 nitrogen and oxygen atoms in total. The Balaban J connectivity index is 0.976. The first-order valence-electron chi connectivity index (χ1n) is 22.2. The van der Waals surface area contributed by atoms with Gasteiger partial charge in [-0.3, -0.25) is 4.99 Å². The lowest BCUT2D eigenvalue weighted by molar-refractivity contribution is 0.656. The van der Waals surface area contributed by atoms with E-state index in [1.165, 1.54) is 11.1 Å². The number of nitriles is 1. The maximum absolute atomic E-state index is 9.50. The molecule has 0 saturated heterocycles. The third kappa shape index (κ3) is 7.12. The molecule has 9 aromatic carbocycles. The van der Waals surface area contributed by atoms with Crippen molar-refractivity contribution in [3.8, 4) is 6.07 Å². The highest BCUT2D eigenvalue weighted by atomic mass is 16.3. The molecule has 0 saturated carbocycles. The van der Waals surface area contributed by atoms with Gasteiger partial charge in [-0.25, -0.2) is 0 Å². The lowest BCUT2D eigenvalue weighted by Gasteiger charge is -2.26. The molecule has 65 heavy (non-hydrogen) atoms. The van der Waals surface area contributed by atoms with Crippen LogP contribution in [0.1, 0.15) is 61.8 Å². The van der Waals surface area contributed by atoms with Gasteiger partial charge in [0.1, 0.15) is 22.3 Å². The van der Waals surface area contributed by atoms with Crippen LogP contribution in [-0.2, 0) is 6.54 Å². The van der Waals surface area contributed by atoms with Crippen LogP contribution in [0.5, 0.6) is 0 Å². The van der Waals surface area contributed by atoms with E-state index in [4.69, 9.17) is 8.83 Å². The topological polar surface area (TPSA) is 68.9 Å². The summed E-state index contributed by atoms with van der Waals surface area (Å²) >= 11 is 0. The van der Waals surface area contributed by atoms with Crippen molar-refractivity contribution in [3.05, 3.63) is 192 Å². The Bertz CT molecular complexity index is 3650. The molecule has 0 unspecified atom stereocenters. The second-order valence-corrected chi connectivity index (χ2v) is 17.7. The number of nitrogens with zero attached hydrogens (tertiary/aromatic N) is 4. The number of fused-ring (bicyclic) bond motifs is 8. The van der Waals surface area contributed by atoms with Gasteiger partial charge in [0.25, 0.3) is 0 Å². The van der Waals surface area contributed by atoms with E-state index in [-0.39, 0.29) is 0 Å². The summed E-state index contributed by atoms with van der Waals surface area (Å²) in [7, 11) is 0. The fraction of sp³-hybridized carbons (Fsp3) is 0.119. The summed E-state index contributed by atoms with van der Waals surface area (Å²) in [5, 5.41) is 18.2. The van der Waals surface area contributed by atoms with E-state index in [1.807, 2.05) is 30.3 Å². The molecule has 0 atom stereocenters. The van der Waals surface area contributed by atoms with Gasteiger partial charge in [-0.15, -0.1) is 0 Å². The highest BCUT2D eigenvalue weighted by molar-refractivity contribution is 6.18. The zero-order chi connectivity index (χ0) is 44.3. The van der Waals surface area contributed by atoms with E-state index < -0.39 is 0 Å². The van der Waals surface area contributed by atoms with Crippen LogP contribution in [0.3, 0.4) is 0 Å². The minimum atomic E-state index is 0.433. The minimum Gasteiger partial charge on any atom is -0.456 e. The average Bonchev–Trinajstić information content (AvgIpc) is 3.85. The second kappa shape index (κ2) is 15.9. The van der Waals surface area contributed by atoms with Crippen LogP contribution in [0.15, 0.2) is 184 Å². The molecule has 0 aliphatic carbocycles. The molecule has 0 fully saturated rings. The Hall–Kier alpha value is -8.14. The molecule has 2 aromatic heterocycles. The van der Waals surface area contributed by atoms with Crippen LogP contribution < -0.4 is 9.80 Å². The van der Waals surface area contributed by atoms with E-state index in [2.05, 4.69) is 195 Å². The molecule has 0 amide bonds. The van der Waals surface area contributed by atoms with Gasteiger partial charge in [0, 0.05) is 61.7 Å². The molecule has 11 aromatic rings. The highest BCUT2D eigenvalue weighted by Gasteiger charge is 2.19. The first-order chi connectivity index (χ1) is 31.7. The first kappa shape index (κ1) is 39.7. The van der Waals surface area contributed by atoms with Gasteiger partial charge in [-0.2, -0.15) is 5.26 Å². The standard InChI is InChI=1S/C59H46N4O2/c1-36(2)40-10-20-48(21-11-40)62(46-16-6-38(34-60)7-17-46)50-24-14-42-28-52-54-32-55-53-29-43-15-25-51(27-45(43)31-57(53)65-59(55)33-58(54)64-56(52)30-44(42)26-50)63(47-18-8-39(9-19-47)35-61-5)49-22-12-41(13-23-49)37(3)4/h6-33,36-37H,5,35H2,1-4H3. The molecule has 0 aliphatic heterocycles. The van der Waals surface area contributed by atoms with Crippen molar-refractivity contribution in [3.63, 3.8) is 0 Å². The Morgan fingerprint density at radius 3 is 1.25 bits per heavy atom. The summed E-state index contributed by atoms with van der Waals surface area (Å²) in [5.74, 6) is 0.882. The van der Waals surface area contributed by atoms with Crippen molar-refractivity contribution in [2.75, 3.05) is 9.80 Å². The molecule has 0 aliphatic rings. The normalized spacial score (nSPS) is 11.8. The zero-order valence-electron chi connectivity index (χ0n) is 36.8. The minimum absolute atomic E-state index is 0.433. The quantitative estimate of drug-likeness (QED) is 0.128. The third-order valence-electron chi connectivity index (χ3n) is 12.8. The maximum atomic E-state index is 9.50. The molecule has 0 bridgehead atoms. The van der Waals surface area contributed by atoms with Gasteiger partial charge in [-0.1, -0.05) is 76.2 Å². The number of hydrogen-bond donors (Lipinski definition) is 0. The van der Waals surface area contributed by atoms with E-state index in [0.717, 1.165) is 105 Å². The fourth-order valence-electron chi connectivity index (χ4n) is 9.26. The van der Waals surface area contributed by atoms with Crippen LogP contribution in [0.2, 0.25) is 0 Å². The first-order valence-corrected chi connectivity index (χ1v) is 22.2. The van der Waals surface area contributed by atoms with Crippen LogP contribution >= 0.6 is 0 Å².